The molecule has 4 heteroatoms. The molecule has 0 spiro atoms. The van der Waals surface area contributed by atoms with Crippen molar-refractivity contribution in [2.45, 2.75) is 32.4 Å². The van der Waals surface area contributed by atoms with Crippen molar-refractivity contribution in [3.63, 3.8) is 0 Å². The van der Waals surface area contributed by atoms with E-state index in [2.05, 4.69) is 22.9 Å². The Hall–Kier alpha value is -1.81. The first-order valence-electron chi connectivity index (χ1n) is 6.61. The molecular weight excluding hydrogens is 238 g/mol. The lowest BCUT2D eigenvalue weighted by atomic mass is 10.1. The van der Waals surface area contributed by atoms with Crippen molar-refractivity contribution >= 4 is 5.82 Å². The third-order valence-corrected chi connectivity index (χ3v) is 3.22. The molecule has 0 aliphatic heterocycles. The number of hydrogen-bond donors (Lipinski definition) is 1. The van der Waals surface area contributed by atoms with E-state index in [-0.39, 0.29) is 6.04 Å². The number of furan rings is 1. The maximum Gasteiger partial charge on any atom is 0.128 e. The summed E-state index contributed by atoms with van der Waals surface area (Å²) in [5.41, 5.74) is 8.27. The van der Waals surface area contributed by atoms with Gasteiger partial charge in [0.15, 0.2) is 0 Å². The molecule has 2 aromatic rings. The number of rotatable bonds is 6. The Kier molecular flexibility index (Phi) is 4.58. The average Bonchev–Trinajstić information content (AvgIpc) is 2.92. The summed E-state index contributed by atoms with van der Waals surface area (Å²) in [7, 11) is 2.02. The van der Waals surface area contributed by atoms with Crippen LogP contribution in [0.3, 0.4) is 0 Å². The van der Waals surface area contributed by atoms with Crippen molar-refractivity contribution in [2.24, 2.45) is 5.73 Å². The highest BCUT2D eigenvalue weighted by molar-refractivity contribution is 5.39. The van der Waals surface area contributed by atoms with Crippen LogP contribution in [0.1, 0.15) is 24.5 Å². The average molecular weight is 259 g/mol. The van der Waals surface area contributed by atoms with Gasteiger partial charge in [0.25, 0.3) is 0 Å². The second-order valence-corrected chi connectivity index (χ2v) is 4.88. The van der Waals surface area contributed by atoms with Crippen LogP contribution < -0.4 is 10.6 Å². The number of hydrogen-bond acceptors (Lipinski definition) is 4. The molecule has 1 unspecified atom stereocenters. The van der Waals surface area contributed by atoms with E-state index in [0.29, 0.717) is 0 Å². The van der Waals surface area contributed by atoms with Gasteiger partial charge in [-0.15, -0.1) is 0 Å². The number of nitrogens with two attached hydrogens (primary N) is 1. The Balaban J connectivity index is 1.97. The van der Waals surface area contributed by atoms with Crippen molar-refractivity contribution < 1.29 is 4.42 Å². The van der Waals surface area contributed by atoms with Gasteiger partial charge in [-0.2, -0.15) is 0 Å². The third-order valence-electron chi connectivity index (χ3n) is 3.22. The van der Waals surface area contributed by atoms with Gasteiger partial charge in [-0.3, -0.25) is 0 Å². The fourth-order valence-corrected chi connectivity index (χ4v) is 1.95. The maximum atomic E-state index is 5.94. The summed E-state index contributed by atoms with van der Waals surface area (Å²) in [4.78, 5) is 6.58. The molecule has 0 bridgehead atoms. The Bertz CT molecular complexity index is 479. The third kappa shape index (κ3) is 3.83. The summed E-state index contributed by atoms with van der Waals surface area (Å²) in [5, 5.41) is 0. The largest absolute Gasteiger partial charge is 0.472 e. The van der Waals surface area contributed by atoms with Crippen molar-refractivity contribution in [1.82, 2.24) is 4.98 Å². The van der Waals surface area contributed by atoms with E-state index in [9.17, 15) is 0 Å². The summed E-state index contributed by atoms with van der Waals surface area (Å²) in [6.07, 6.45) is 7.23. The van der Waals surface area contributed by atoms with Crippen LogP contribution in [0.4, 0.5) is 5.82 Å². The minimum Gasteiger partial charge on any atom is -0.472 e. The van der Waals surface area contributed by atoms with E-state index < -0.39 is 0 Å². The molecule has 2 heterocycles. The lowest BCUT2D eigenvalue weighted by molar-refractivity contribution is 0.563. The van der Waals surface area contributed by atoms with Crippen LogP contribution in [0.15, 0.2) is 41.3 Å². The summed E-state index contributed by atoms with van der Waals surface area (Å²) in [6, 6.07) is 6.32. The molecule has 19 heavy (non-hydrogen) atoms. The minimum absolute atomic E-state index is 0.219. The van der Waals surface area contributed by atoms with E-state index in [1.54, 1.807) is 12.5 Å². The number of pyridine rings is 1. The number of aromatic nitrogens is 1. The molecule has 1 atom stereocenters. The first-order chi connectivity index (χ1) is 9.19. The molecule has 102 valence electrons. The number of anilines is 1. The van der Waals surface area contributed by atoms with E-state index in [1.807, 2.05) is 25.4 Å². The van der Waals surface area contributed by atoms with Crippen LogP contribution in [0.2, 0.25) is 0 Å². The Morgan fingerprint density at radius 2 is 2.16 bits per heavy atom. The molecule has 0 fully saturated rings. The molecular formula is C15H21N3O. The quantitative estimate of drug-likeness (QED) is 0.866. The zero-order valence-electron chi connectivity index (χ0n) is 11.5. The van der Waals surface area contributed by atoms with Gasteiger partial charge in [-0.25, -0.2) is 4.98 Å². The number of nitrogens with zero attached hydrogens (tertiary/aromatic N) is 2. The van der Waals surface area contributed by atoms with Gasteiger partial charge in [-0.1, -0.05) is 13.0 Å². The fourth-order valence-electron chi connectivity index (χ4n) is 1.95. The van der Waals surface area contributed by atoms with Crippen LogP contribution in [-0.2, 0) is 13.0 Å². The smallest absolute Gasteiger partial charge is 0.128 e. The van der Waals surface area contributed by atoms with Crippen molar-refractivity contribution in [3.05, 3.63) is 48.0 Å². The predicted octanol–water partition coefficient (Wildman–Crippen LogP) is 2.59. The molecule has 4 nitrogen and oxygen atoms in total. The van der Waals surface area contributed by atoms with Gasteiger partial charge in [0.1, 0.15) is 5.82 Å². The summed E-state index contributed by atoms with van der Waals surface area (Å²) >= 11 is 0. The molecule has 2 aromatic heterocycles. The van der Waals surface area contributed by atoms with Gasteiger partial charge in [0.05, 0.1) is 12.5 Å². The topological polar surface area (TPSA) is 55.3 Å². The van der Waals surface area contributed by atoms with Crippen molar-refractivity contribution in [2.75, 3.05) is 11.9 Å². The second kappa shape index (κ2) is 6.38. The standard InChI is InChI=1S/C15H21N3O/c1-3-14(16)8-12-4-5-15(17-9-12)18(2)10-13-6-7-19-11-13/h4-7,9,11,14H,3,8,10,16H2,1-2H3. The predicted molar refractivity (Wildman–Crippen MR) is 77.0 cm³/mol. The van der Waals surface area contributed by atoms with Gasteiger partial charge >= 0.3 is 0 Å². The first kappa shape index (κ1) is 13.6. The van der Waals surface area contributed by atoms with Crippen LogP contribution in [-0.4, -0.2) is 18.1 Å². The Morgan fingerprint density at radius 3 is 2.74 bits per heavy atom. The van der Waals surface area contributed by atoms with Crippen LogP contribution in [0, 0.1) is 0 Å². The first-order valence-corrected chi connectivity index (χ1v) is 6.61. The van der Waals surface area contributed by atoms with Gasteiger partial charge in [0, 0.05) is 31.4 Å². The molecule has 0 aliphatic carbocycles. The van der Waals surface area contributed by atoms with Crippen LogP contribution >= 0.6 is 0 Å². The molecule has 0 saturated carbocycles. The highest BCUT2D eigenvalue weighted by Crippen LogP contribution is 2.14. The minimum atomic E-state index is 0.219. The lowest BCUT2D eigenvalue weighted by Gasteiger charge is -2.17. The molecule has 0 aliphatic rings. The van der Waals surface area contributed by atoms with E-state index in [0.717, 1.165) is 30.8 Å². The monoisotopic (exact) mass is 259 g/mol. The van der Waals surface area contributed by atoms with Crippen LogP contribution in [0.25, 0.3) is 0 Å². The normalized spacial score (nSPS) is 12.4. The van der Waals surface area contributed by atoms with Gasteiger partial charge in [0.2, 0.25) is 0 Å². The molecule has 0 aromatic carbocycles. The molecule has 0 amide bonds. The lowest BCUT2D eigenvalue weighted by Crippen LogP contribution is -2.22. The Labute approximate surface area is 114 Å². The van der Waals surface area contributed by atoms with Crippen molar-refractivity contribution in [3.8, 4) is 0 Å². The SMILES string of the molecule is CCC(N)Cc1ccc(N(C)Cc2ccoc2)nc1. The van der Waals surface area contributed by atoms with Crippen LogP contribution in [0.5, 0.6) is 0 Å². The second-order valence-electron chi connectivity index (χ2n) is 4.88. The molecule has 0 radical (unpaired) electrons. The van der Waals surface area contributed by atoms with E-state index in [4.69, 9.17) is 10.2 Å². The highest BCUT2D eigenvalue weighted by Gasteiger charge is 2.06. The van der Waals surface area contributed by atoms with E-state index >= 15 is 0 Å². The Morgan fingerprint density at radius 1 is 1.32 bits per heavy atom. The maximum absolute atomic E-state index is 5.94. The molecule has 2 N–H and O–H groups in total. The zero-order valence-corrected chi connectivity index (χ0v) is 11.5. The summed E-state index contributed by atoms with van der Waals surface area (Å²) in [5.74, 6) is 0.954. The van der Waals surface area contributed by atoms with E-state index in [1.165, 1.54) is 5.56 Å². The summed E-state index contributed by atoms with van der Waals surface area (Å²) < 4.78 is 5.07. The molecule has 2 rings (SSSR count). The summed E-state index contributed by atoms with van der Waals surface area (Å²) in [6.45, 7) is 2.89. The van der Waals surface area contributed by atoms with Crippen molar-refractivity contribution in [1.29, 1.82) is 0 Å². The molecule has 0 saturated heterocycles. The zero-order chi connectivity index (χ0) is 13.7. The van der Waals surface area contributed by atoms with Gasteiger partial charge in [-0.05, 0) is 30.5 Å². The van der Waals surface area contributed by atoms with Gasteiger partial charge < -0.3 is 15.1 Å². The highest BCUT2D eigenvalue weighted by atomic mass is 16.3. The fraction of sp³-hybridized carbons (Fsp3) is 0.400.